The van der Waals surface area contributed by atoms with Gasteiger partial charge < -0.3 is 9.84 Å². The summed E-state index contributed by atoms with van der Waals surface area (Å²) in [6.07, 6.45) is 2.79. The molecule has 0 aliphatic carbocycles. The number of hydrogen-bond acceptors (Lipinski definition) is 4. The van der Waals surface area contributed by atoms with Crippen molar-refractivity contribution in [1.82, 2.24) is 15.0 Å². The Kier molecular flexibility index (Phi) is 5.42. The summed E-state index contributed by atoms with van der Waals surface area (Å²) in [4.78, 5) is 0. The zero-order chi connectivity index (χ0) is 12.0. The van der Waals surface area contributed by atoms with Crippen LogP contribution in [0.25, 0.3) is 0 Å². The van der Waals surface area contributed by atoms with Gasteiger partial charge in [-0.05, 0) is 18.8 Å². The molecule has 0 fully saturated rings. The summed E-state index contributed by atoms with van der Waals surface area (Å²) in [5.41, 5.74) is 0.796. The number of rotatable bonds is 7. The van der Waals surface area contributed by atoms with E-state index in [-0.39, 0.29) is 0 Å². The van der Waals surface area contributed by atoms with Crippen molar-refractivity contribution >= 4 is 0 Å². The van der Waals surface area contributed by atoms with E-state index in [1.54, 1.807) is 18.0 Å². The van der Waals surface area contributed by atoms with Gasteiger partial charge in [0, 0.05) is 20.3 Å². The summed E-state index contributed by atoms with van der Waals surface area (Å²) < 4.78 is 6.82. The highest BCUT2D eigenvalue weighted by molar-refractivity contribution is 4.99. The van der Waals surface area contributed by atoms with Gasteiger partial charge in [0.15, 0.2) is 0 Å². The van der Waals surface area contributed by atoms with Crippen molar-refractivity contribution in [3.05, 3.63) is 11.9 Å². The van der Waals surface area contributed by atoms with Gasteiger partial charge in [-0.15, -0.1) is 5.10 Å². The molecule has 0 aliphatic rings. The molecule has 1 aromatic rings. The number of aromatic nitrogens is 3. The van der Waals surface area contributed by atoms with Crippen molar-refractivity contribution in [2.45, 2.75) is 39.3 Å². The molecule has 1 N–H and O–H groups in total. The lowest BCUT2D eigenvalue weighted by atomic mass is 10.0. The lowest BCUT2D eigenvalue weighted by molar-refractivity contribution is 0.0964. The first-order chi connectivity index (χ1) is 7.69. The first-order valence-electron chi connectivity index (χ1n) is 5.74. The van der Waals surface area contributed by atoms with E-state index in [1.807, 2.05) is 0 Å². The molecular weight excluding hydrogens is 206 g/mol. The van der Waals surface area contributed by atoms with Crippen molar-refractivity contribution in [1.29, 1.82) is 0 Å². The van der Waals surface area contributed by atoms with Crippen LogP contribution in [0.5, 0.6) is 0 Å². The smallest absolute Gasteiger partial charge is 0.0976 e. The zero-order valence-electron chi connectivity index (χ0n) is 10.3. The third-order valence-corrected chi connectivity index (χ3v) is 2.50. The van der Waals surface area contributed by atoms with Crippen molar-refractivity contribution in [3.8, 4) is 0 Å². The molecule has 0 spiro atoms. The van der Waals surface area contributed by atoms with Crippen LogP contribution in [-0.2, 0) is 11.3 Å². The summed E-state index contributed by atoms with van der Waals surface area (Å²) in [7, 11) is 1.67. The second-order valence-electron chi connectivity index (χ2n) is 4.19. The van der Waals surface area contributed by atoms with Gasteiger partial charge in [-0.1, -0.05) is 19.1 Å². The maximum atomic E-state index is 10.1. The van der Waals surface area contributed by atoms with Gasteiger partial charge in [0.05, 0.1) is 18.0 Å². The lowest BCUT2D eigenvalue weighted by Gasteiger charge is -2.16. The van der Waals surface area contributed by atoms with Crippen LogP contribution in [0.3, 0.4) is 0 Å². The molecule has 1 heterocycles. The van der Waals surface area contributed by atoms with E-state index in [0.717, 1.165) is 18.7 Å². The fourth-order valence-electron chi connectivity index (χ4n) is 1.76. The van der Waals surface area contributed by atoms with Crippen molar-refractivity contribution in [2.75, 3.05) is 13.7 Å². The molecule has 0 amide bonds. The topological polar surface area (TPSA) is 60.2 Å². The number of ether oxygens (including phenoxy) is 1. The number of nitrogens with zero attached hydrogens (tertiary/aromatic N) is 3. The Hall–Kier alpha value is -0.940. The Labute approximate surface area is 96.4 Å². The molecule has 0 saturated carbocycles. The van der Waals surface area contributed by atoms with Crippen LogP contribution >= 0.6 is 0 Å². The van der Waals surface area contributed by atoms with Crippen LogP contribution in [0.1, 0.15) is 38.5 Å². The molecule has 0 radical (unpaired) electrons. The molecule has 2 atom stereocenters. The average Bonchev–Trinajstić information content (AvgIpc) is 2.66. The monoisotopic (exact) mass is 227 g/mol. The quantitative estimate of drug-likeness (QED) is 0.764. The van der Waals surface area contributed by atoms with Crippen molar-refractivity contribution in [2.24, 2.45) is 5.92 Å². The molecule has 2 unspecified atom stereocenters. The van der Waals surface area contributed by atoms with Crippen LogP contribution in [0.15, 0.2) is 6.20 Å². The molecular formula is C11H21N3O2. The van der Waals surface area contributed by atoms with E-state index >= 15 is 0 Å². The predicted octanol–water partition coefficient (Wildman–Crippen LogP) is 1.39. The Balaban J connectivity index is 2.57. The van der Waals surface area contributed by atoms with Crippen molar-refractivity contribution in [3.63, 3.8) is 0 Å². The summed E-state index contributed by atoms with van der Waals surface area (Å²) in [5.74, 6) is 0.324. The van der Waals surface area contributed by atoms with Crippen LogP contribution < -0.4 is 0 Å². The second-order valence-corrected chi connectivity index (χ2v) is 4.19. The first-order valence-corrected chi connectivity index (χ1v) is 5.74. The van der Waals surface area contributed by atoms with Gasteiger partial charge in [-0.3, -0.25) is 0 Å². The highest BCUT2D eigenvalue weighted by Gasteiger charge is 2.16. The molecule has 0 bridgehead atoms. The standard InChI is InChI=1S/C11H21N3O2/c1-4-5-14-10(7-12-13-14)11(15)6-9(2)8-16-3/h7,9,11,15H,4-6,8H2,1-3H3. The summed E-state index contributed by atoms with van der Waals surface area (Å²) in [6.45, 7) is 5.59. The van der Waals surface area contributed by atoms with Crippen LogP contribution in [0.2, 0.25) is 0 Å². The molecule has 0 aliphatic heterocycles. The number of aryl methyl sites for hydroxylation is 1. The Bertz CT molecular complexity index is 301. The maximum absolute atomic E-state index is 10.1. The molecule has 0 aromatic carbocycles. The SMILES string of the molecule is CCCn1nncc1C(O)CC(C)COC. The normalized spacial score (nSPS) is 15.0. The highest BCUT2D eigenvalue weighted by Crippen LogP contribution is 2.20. The molecule has 1 aromatic heterocycles. The van der Waals surface area contributed by atoms with E-state index < -0.39 is 6.10 Å². The minimum atomic E-state index is -0.508. The van der Waals surface area contributed by atoms with Crippen LogP contribution in [-0.4, -0.2) is 33.8 Å². The van der Waals surface area contributed by atoms with Crippen molar-refractivity contribution < 1.29 is 9.84 Å². The summed E-state index contributed by atoms with van der Waals surface area (Å²) >= 11 is 0. The fraction of sp³-hybridized carbons (Fsp3) is 0.818. The Morgan fingerprint density at radius 3 is 2.94 bits per heavy atom. The van der Waals surface area contributed by atoms with Gasteiger partial charge in [0.1, 0.15) is 0 Å². The van der Waals surface area contributed by atoms with Gasteiger partial charge in [0.25, 0.3) is 0 Å². The lowest BCUT2D eigenvalue weighted by Crippen LogP contribution is -2.14. The predicted molar refractivity (Wildman–Crippen MR) is 60.9 cm³/mol. The van der Waals surface area contributed by atoms with E-state index in [2.05, 4.69) is 24.2 Å². The molecule has 16 heavy (non-hydrogen) atoms. The number of hydrogen-bond donors (Lipinski definition) is 1. The summed E-state index contributed by atoms with van der Waals surface area (Å²) in [6, 6.07) is 0. The largest absolute Gasteiger partial charge is 0.387 e. The molecule has 92 valence electrons. The van der Waals surface area contributed by atoms with Gasteiger partial charge in [-0.25, -0.2) is 4.68 Å². The Morgan fingerprint density at radius 1 is 1.56 bits per heavy atom. The first kappa shape index (κ1) is 13.1. The van der Waals surface area contributed by atoms with Gasteiger partial charge in [-0.2, -0.15) is 0 Å². The van der Waals surface area contributed by atoms with E-state index in [0.29, 0.717) is 18.9 Å². The van der Waals surface area contributed by atoms with E-state index in [4.69, 9.17) is 4.74 Å². The third kappa shape index (κ3) is 3.57. The Morgan fingerprint density at radius 2 is 2.31 bits per heavy atom. The van der Waals surface area contributed by atoms with Gasteiger partial charge in [0.2, 0.25) is 0 Å². The molecule has 0 saturated heterocycles. The van der Waals surface area contributed by atoms with Crippen LogP contribution in [0, 0.1) is 5.92 Å². The number of methoxy groups -OCH3 is 1. The van der Waals surface area contributed by atoms with Gasteiger partial charge >= 0.3 is 0 Å². The van der Waals surface area contributed by atoms with Crippen LogP contribution in [0.4, 0.5) is 0 Å². The highest BCUT2D eigenvalue weighted by atomic mass is 16.5. The molecule has 5 heteroatoms. The molecule has 1 rings (SSSR count). The second kappa shape index (κ2) is 6.60. The zero-order valence-corrected chi connectivity index (χ0v) is 10.3. The maximum Gasteiger partial charge on any atom is 0.0976 e. The number of aliphatic hydroxyl groups excluding tert-OH is 1. The number of aliphatic hydroxyl groups is 1. The third-order valence-electron chi connectivity index (χ3n) is 2.50. The minimum Gasteiger partial charge on any atom is -0.387 e. The minimum absolute atomic E-state index is 0.324. The average molecular weight is 227 g/mol. The summed E-state index contributed by atoms with van der Waals surface area (Å²) in [5, 5.41) is 17.9. The van der Waals surface area contributed by atoms with E-state index in [9.17, 15) is 5.11 Å². The van der Waals surface area contributed by atoms with E-state index in [1.165, 1.54) is 0 Å². The molecule has 5 nitrogen and oxygen atoms in total. The fourth-order valence-corrected chi connectivity index (χ4v) is 1.76.